The van der Waals surface area contributed by atoms with Crippen LogP contribution >= 0.6 is 11.8 Å². The molecule has 0 aliphatic carbocycles. The maximum Gasteiger partial charge on any atom is 0.192 e. The quantitative estimate of drug-likeness (QED) is 0.655. The highest BCUT2D eigenvalue weighted by atomic mass is 32.2. The lowest BCUT2D eigenvalue weighted by atomic mass is 10.1. The summed E-state index contributed by atoms with van der Waals surface area (Å²) in [6.07, 6.45) is 2.84. The van der Waals surface area contributed by atoms with Crippen molar-refractivity contribution in [1.82, 2.24) is 15.3 Å². The van der Waals surface area contributed by atoms with Crippen molar-refractivity contribution in [2.24, 2.45) is 0 Å². The van der Waals surface area contributed by atoms with E-state index < -0.39 is 0 Å². The van der Waals surface area contributed by atoms with Gasteiger partial charge in [-0.15, -0.1) is 0 Å². The Morgan fingerprint density at radius 3 is 2.90 bits per heavy atom. The van der Waals surface area contributed by atoms with Crippen LogP contribution < -0.4 is 5.32 Å². The van der Waals surface area contributed by atoms with Crippen molar-refractivity contribution in [3.05, 3.63) is 47.3 Å². The summed E-state index contributed by atoms with van der Waals surface area (Å²) in [5, 5.41) is 13.3. The topological polar surface area (TPSA) is 61.6 Å². The lowest BCUT2D eigenvalue weighted by Gasteiger charge is -2.07. The molecule has 1 aromatic carbocycles. The molecule has 1 heterocycles. The zero-order valence-corrected chi connectivity index (χ0v) is 13.1. The maximum absolute atomic E-state index is 9.32. The summed E-state index contributed by atoms with van der Waals surface area (Å²) in [6, 6.07) is 10.1. The van der Waals surface area contributed by atoms with Gasteiger partial charge in [-0.3, -0.25) is 0 Å². The zero-order chi connectivity index (χ0) is 15.1. The summed E-state index contributed by atoms with van der Waals surface area (Å²) in [4.78, 5) is 9.47. The molecule has 0 atom stereocenters. The van der Waals surface area contributed by atoms with Crippen molar-refractivity contribution in [3.8, 4) is 6.07 Å². The molecule has 0 aliphatic heterocycles. The van der Waals surface area contributed by atoms with E-state index in [1.54, 1.807) is 6.20 Å². The van der Waals surface area contributed by atoms with Crippen molar-refractivity contribution in [2.75, 3.05) is 6.54 Å². The fourth-order valence-corrected chi connectivity index (χ4v) is 2.70. The summed E-state index contributed by atoms with van der Waals surface area (Å²) in [5.41, 5.74) is 2.71. The molecule has 0 radical (unpaired) electrons. The molecule has 0 bridgehead atoms. The smallest absolute Gasteiger partial charge is 0.192 e. The van der Waals surface area contributed by atoms with Gasteiger partial charge in [0, 0.05) is 23.3 Å². The summed E-state index contributed by atoms with van der Waals surface area (Å²) >= 11 is 1.42. The fraction of sp³-hybridized carbons (Fsp3) is 0.312. The lowest BCUT2D eigenvalue weighted by Crippen LogP contribution is -2.13. The number of aromatic nitrogens is 2. The SMILES string of the molecule is CCCNCc1ccc(Sc2nccc(C)n2)c(C#N)c1. The first-order chi connectivity index (χ1) is 10.2. The van der Waals surface area contributed by atoms with Crippen LogP contribution in [0.4, 0.5) is 0 Å². The van der Waals surface area contributed by atoms with Crippen LogP contribution in [0, 0.1) is 18.3 Å². The number of hydrogen-bond donors (Lipinski definition) is 1. The van der Waals surface area contributed by atoms with Crippen molar-refractivity contribution in [3.63, 3.8) is 0 Å². The molecular formula is C16H18N4S. The molecule has 0 fully saturated rings. The third-order valence-electron chi connectivity index (χ3n) is 2.89. The van der Waals surface area contributed by atoms with Gasteiger partial charge in [0.15, 0.2) is 5.16 Å². The van der Waals surface area contributed by atoms with E-state index in [4.69, 9.17) is 0 Å². The Balaban J connectivity index is 2.15. The normalized spacial score (nSPS) is 10.3. The molecule has 0 unspecified atom stereocenters. The highest BCUT2D eigenvalue weighted by Crippen LogP contribution is 2.28. The van der Waals surface area contributed by atoms with E-state index in [2.05, 4.69) is 28.3 Å². The van der Waals surface area contributed by atoms with Crippen LogP contribution in [0.2, 0.25) is 0 Å². The molecule has 0 saturated carbocycles. The number of rotatable bonds is 6. The number of nitrogens with zero attached hydrogens (tertiary/aromatic N) is 3. The zero-order valence-electron chi connectivity index (χ0n) is 12.3. The first kappa shape index (κ1) is 15.5. The Kier molecular flexibility index (Phi) is 5.73. The Bertz CT molecular complexity index is 649. The first-order valence-corrected chi connectivity index (χ1v) is 7.76. The summed E-state index contributed by atoms with van der Waals surface area (Å²) < 4.78 is 0. The second kappa shape index (κ2) is 7.77. The number of benzene rings is 1. The standard InChI is InChI=1S/C16H18N4S/c1-3-7-18-11-13-4-5-15(14(9-13)10-17)21-16-19-8-6-12(2)20-16/h4-6,8-9,18H,3,7,11H2,1-2H3. The number of aryl methyl sites for hydroxylation is 1. The maximum atomic E-state index is 9.32. The van der Waals surface area contributed by atoms with E-state index in [0.29, 0.717) is 10.7 Å². The van der Waals surface area contributed by atoms with Gasteiger partial charge in [0.05, 0.1) is 5.56 Å². The average Bonchev–Trinajstić information content (AvgIpc) is 2.49. The van der Waals surface area contributed by atoms with Gasteiger partial charge in [-0.25, -0.2) is 9.97 Å². The van der Waals surface area contributed by atoms with E-state index in [9.17, 15) is 5.26 Å². The largest absolute Gasteiger partial charge is 0.313 e. The van der Waals surface area contributed by atoms with Crippen LogP contribution in [-0.2, 0) is 6.54 Å². The van der Waals surface area contributed by atoms with Crippen LogP contribution in [0.1, 0.15) is 30.2 Å². The highest BCUT2D eigenvalue weighted by Gasteiger charge is 2.07. The predicted octanol–water partition coefficient (Wildman–Crippen LogP) is 3.31. The molecule has 0 spiro atoms. The van der Waals surface area contributed by atoms with Gasteiger partial charge in [-0.2, -0.15) is 5.26 Å². The van der Waals surface area contributed by atoms with E-state index in [0.717, 1.165) is 35.7 Å². The molecule has 0 amide bonds. The van der Waals surface area contributed by atoms with Crippen molar-refractivity contribution in [2.45, 2.75) is 36.9 Å². The molecule has 2 rings (SSSR count). The van der Waals surface area contributed by atoms with Gasteiger partial charge < -0.3 is 5.32 Å². The number of hydrogen-bond acceptors (Lipinski definition) is 5. The van der Waals surface area contributed by atoms with Crippen LogP contribution in [-0.4, -0.2) is 16.5 Å². The highest BCUT2D eigenvalue weighted by molar-refractivity contribution is 7.99. The molecule has 2 aromatic rings. The number of nitrogens with one attached hydrogen (secondary N) is 1. The van der Waals surface area contributed by atoms with E-state index in [-0.39, 0.29) is 0 Å². The van der Waals surface area contributed by atoms with Crippen molar-refractivity contribution >= 4 is 11.8 Å². The third-order valence-corrected chi connectivity index (χ3v) is 3.85. The minimum Gasteiger partial charge on any atom is -0.313 e. The monoisotopic (exact) mass is 298 g/mol. The van der Waals surface area contributed by atoms with Gasteiger partial charge in [-0.05, 0) is 55.4 Å². The molecule has 0 aliphatic rings. The Morgan fingerprint density at radius 2 is 2.19 bits per heavy atom. The second-order valence-electron chi connectivity index (χ2n) is 4.70. The third kappa shape index (κ3) is 4.55. The van der Waals surface area contributed by atoms with Gasteiger partial charge in [0.1, 0.15) is 6.07 Å². The molecule has 0 saturated heterocycles. The lowest BCUT2D eigenvalue weighted by molar-refractivity contribution is 0.675. The van der Waals surface area contributed by atoms with Gasteiger partial charge >= 0.3 is 0 Å². The minimum absolute atomic E-state index is 0.668. The Morgan fingerprint density at radius 1 is 1.33 bits per heavy atom. The number of nitriles is 1. The van der Waals surface area contributed by atoms with E-state index in [1.165, 1.54) is 11.8 Å². The minimum atomic E-state index is 0.668. The molecular weight excluding hydrogens is 280 g/mol. The van der Waals surface area contributed by atoms with Crippen LogP contribution in [0.3, 0.4) is 0 Å². The predicted molar refractivity (Wildman–Crippen MR) is 84.0 cm³/mol. The molecule has 21 heavy (non-hydrogen) atoms. The summed E-state index contributed by atoms with van der Waals surface area (Å²) in [5.74, 6) is 0. The van der Waals surface area contributed by atoms with Gasteiger partial charge in [0.25, 0.3) is 0 Å². The van der Waals surface area contributed by atoms with Crippen molar-refractivity contribution < 1.29 is 0 Å². The molecule has 1 N–H and O–H groups in total. The molecule has 5 heteroatoms. The second-order valence-corrected chi connectivity index (χ2v) is 5.71. The van der Waals surface area contributed by atoms with Crippen LogP contribution in [0.15, 0.2) is 40.5 Å². The molecule has 108 valence electrons. The van der Waals surface area contributed by atoms with Gasteiger partial charge in [-0.1, -0.05) is 13.0 Å². The fourth-order valence-electron chi connectivity index (χ4n) is 1.85. The summed E-state index contributed by atoms with van der Waals surface area (Å²) in [7, 11) is 0. The first-order valence-electron chi connectivity index (χ1n) is 6.94. The van der Waals surface area contributed by atoms with Crippen LogP contribution in [0.5, 0.6) is 0 Å². The Hall–Kier alpha value is -1.90. The van der Waals surface area contributed by atoms with Gasteiger partial charge in [0.2, 0.25) is 0 Å². The summed E-state index contributed by atoms with van der Waals surface area (Å²) in [6.45, 7) is 5.83. The van der Waals surface area contributed by atoms with Crippen LogP contribution in [0.25, 0.3) is 0 Å². The molecule has 4 nitrogen and oxygen atoms in total. The molecule has 1 aromatic heterocycles. The van der Waals surface area contributed by atoms with Crippen molar-refractivity contribution in [1.29, 1.82) is 5.26 Å². The van der Waals surface area contributed by atoms with E-state index >= 15 is 0 Å². The van der Waals surface area contributed by atoms with E-state index in [1.807, 2.05) is 31.2 Å². The average molecular weight is 298 g/mol. The Labute approximate surface area is 129 Å².